The molecule has 0 N–H and O–H groups in total. The molecule has 0 bridgehead atoms. The molecule has 0 atom stereocenters. The minimum atomic E-state index is -1.88. The average molecular weight is 337 g/mol. The Hall–Kier alpha value is -0.263. The highest BCUT2D eigenvalue weighted by Crippen LogP contribution is 2.37. The van der Waals surface area contributed by atoms with E-state index in [1.165, 1.54) is 6.07 Å². The van der Waals surface area contributed by atoms with Crippen LogP contribution < -0.4 is 0 Å². The lowest BCUT2D eigenvalue weighted by Gasteiger charge is -2.36. The number of benzene rings is 1. The standard InChI is InChI=1S/C13H19BrF2OSi/c1-13(2,3)18(4,5)17-8-9-6-11(15)12(16)7-10(9)14/h6-7H,8H2,1-5H3. The van der Waals surface area contributed by atoms with Crippen molar-refractivity contribution in [2.24, 2.45) is 0 Å². The van der Waals surface area contributed by atoms with Crippen molar-refractivity contribution in [2.45, 2.75) is 45.5 Å². The van der Waals surface area contributed by atoms with E-state index >= 15 is 0 Å². The molecule has 18 heavy (non-hydrogen) atoms. The zero-order chi connectivity index (χ0) is 14.1. The summed E-state index contributed by atoms with van der Waals surface area (Å²) >= 11 is 3.23. The zero-order valence-electron chi connectivity index (χ0n) is 11.4. The number of rotatable bonds is 3. The summed E-state index contributed by atoms with van der Waals surface area (Å²) in [5.41, 5.74) is 0.638. The van der Waals surface area contributed by atoms with Gasteiger partial charge in [0.15, 0.2) is 20.0 Å². The normalized spacial score (nSPS) is 12.9. The average Bonchev–Trinajstić information content (AvgIpc) is 2.20. The van der Waals surface area contributed by atoms with Gasteiger partial charge in [0, 0.05) is 4.47 Å². The largest absolute Gasteiger partial charge is 0.413 e. The third kappa shape index (κ3) is 3.62. The molecule has 1 rings (SSSR count). The highest BCUT2D eigenvalue weighted by molar-refractivity contribution is 9.10. The highest BCUT2D eigenvalue weighted by Gasteiger charge is 2.37. The fourth-order valence-electron chi connectivity index (χ4n) is 1.15. The predicted octanol–water partition coefficient (Wildman–Crippen LogP) is 5.25. The number of hydrogen-bond donors (Lipinski definition) is 0. The fourth-order valence-corrected chi connectivity index (χ4v) is 2.53. The topological polar surface area (TPSA) is 9.23 Å². The Balaban J connectivity index is 2.85. The van der Waals surface area contributed by atoms with E-state index < -0.39 is 20.0 Å². The fraction of sp³-hybridized carbons (Fsp3) is 0.538. The molecule has 0 aromatic heterocycles. The summed E-state index contributed by atoms with van der Waals surface area (Å²) in [4.78, 5) is 0. The molecule has 0 heterocycles. The summed E-state index contributed by atoms with van der Waals surface area (Å²) in [5.74, 6) is -1.69. The first-order valence-corrected chi connectivity index (χ1v) is 9.52. The first-order chi connectivity index (χ1) is 8.04. The van der Waals surface area contributed by atoms with E-state index in [0.717, 1.165) is 6.07 Å². The van der Waals surface area contributed by atoms with E-state index in [4.69, 9.17) is 4.43 Å². The molecule has 0 spiro atoms. The van der Waals surface area contributed by atoms with Crippen LogP contribution >= 0.6 is 15.9 Å². The Morgan fingerprint density at radius 3 is 2.17 bits per heavy atom. The van der Waals surface area contributed by atoms with Gasteiger partial charge in [-0.1, -0.05) is 36.7 Å². The third-order valence-electron chi connectivity index (χ3n) is 3.48. The van der Waals surface area contributed by atoms with Crippen LogP contribution in [0.4, 0.5) is 8.78 Å². The first-order valence-electron chi connectivity index (χ1n) is 5.82. The monoisotopic (exact) mass is 336 g/mol. The first kappa shape index (κ1) is 15.8. The molecular formula is C13H19BrF2OSi. The molecule has 102 valence electrons. The van der Waals surface area contributed by atoms with Crippen molar-refractivity contribution in [3.05, 3.63) is 33.8 Å². The van der Waals surface area contributed by atoms with Crippen molar-refractivity contribution in [3.8, 4) is 0 Å². The Bertz CT molecular complexity index is 441. The second-order valence-electron chi connectivity index (χ2n) is 5.91. The summed E-state index contributed by atoms with van der Waals surface area (Å²) in [6, 6.07) is 2.33. The van der Waals surface area contributed by atoms with Crippen LogP contribution in [0.25, 0.3) is 0 Å². The summed E-state index contributed by atoms with van der Waals surface area (Å²) in [7, 11) is -1.88. The van der Waals surface area contributed by atoms with Crippen molar-refractivity contribution in [2.75, 3.05) is 0 Å². The van der Waals surface area contributed by atoms with Gasteiger partial charge in [0.2, 0.25) is 0 Å². The van der Waals surface area contributed by atoms with E-state index in [-0.39, 0.29) is 5.04 Å². The molecule has 0 radical (unpaired) electrons. The number of hydrogen-bond acceptors (Lipinski definition) is 1. The molecule has 0 amide bonds. The van der Waals surface area contributed by atoms with Crippen LogP contribution in [-0.4, -0.2) is 8.32 Å². The Labute approximate surface area is 117 Å². The SMILES string of the molecule is CC(C)(C)[Si](C)(C)OCc1cc(F)c(F)cc1Br. The van der Waals surface area contributed by atoms with Crippen molar-refractivity contribution in [1.82, 2.24) is 0 Å². The van der Waals surface area contributed by atoms with Gasteiger partial charge in [-0.3, -0.25) is 0 Å². The molecular weight excluding hydrogens is 318 g/mol. The molecule has 0 fully saturated rings. The Morgan fingerprint density at radius 2 is 1.67 bits per heavy atom. The minimum absolute atomic E-state index is 0.0953. The van der Waals surface area contributed by atoms with Crippen molar-refractivity contribution >= 4 is 24.2 Å². The molecule has 0 saturated heterocycles. The molecule has 1 aromatic carbocycles. The quantitative estimate of drug-likeness (QED) is 0.541. The third-order valence-corrected chi connectivity index (χ3v) is 8.70. The van der Waals surface area contributed by atoms with Crippen LogP contribution in [0.5, 0.6) is 0 Å². The van der Waals surface area contributed by atoms with Gasteiger partial charge in [0.25, 0.3) is 0 Å². The zero-order valence-corrected chi connectivity index (χ0v) is 14.0. The van der Waals surface area contributed by atoms with E-state index in [1.54, 1.807) is 0 Å². The van der Waals surface area contributed by atoms with Gasteiger partial charge in [0.05, 0.1) is 6.61 Å². The summed E-state index contributed by atoms with van der Waals surface area (Å²) in [5, 5.41) is 0.0953. The van der Waals surface area contributed by atoms with E-state index in [0.29, 0.717) is 16.6 Å². The van der Waals surface area contributed by atoms with Gasteiger partial charge >= 0.3 is 0 Å². The van der Waals surface area contributed by atoms with Crippen LogP contribution in [0.3, 0.4) is 0 Å². The summed E-state index contributed by atoms with van der Waals surface area (Å²) in [6.07, 6.45) is 0. The van der Waals surface area contributed by atoms with Gasteiger partial charge in [-0.25, -0.2) is 8.78 Å². The Morgan fingerprint density at radius 1 is 1.17 bits per heavy atom. The van der Waals surface area contributed by atoms with Crippen molar-refractivity contribution in [3.63, 3.8) is 0 Å². The molecule has 1 aromatic rings. The van der Waals surface area contributed by atoms with Crippen LogP contribution in [0.2, 0.25) is 18.1 Å². The summed E-state index contributed by atoms with van der Waals surface area (Å²) in [6.45, 7) is 11.0. The van der Waals surface area contributed by atoms with Gasteiger partial charge in [-0.2, -0.15) is 0 Å². The summed E-state index contributed by atoms with van der Waals surface area (Å²) < 4.78 is 32.7. The molecule has 5 heteroatoms. The van der Waals surface area contributed by atoms with E-state index in [9.17, 15) is 8.78 Å². The van der Waals surface area contributed by atoms with Crippen molar-refractivity contribution < 1.29 is 13.2 Å². The van der Waals surface area contributed by atoms with Gasteiger partial charge < -0.3 is 4.43 Å². The van der Waals surface area contributed by atoms with Crippen LogP contribution in [-0.2, 0) is 11.0 Å². The molecule has 0 aliphatic carbocycles. The minimum Gasteiger partial charge on any atom is -0.413 e. The second-order valence-corrected chi connectivity index (χ2v) is 11.6. The molecule has 0 aliphatic heterocycles. The van der Waals surface area contributed by atoms with Crippen LogP contribution in [0, 0.1) is 11.6 Å². The van der Waals surface area contributed by atoms with Crippen LogP contribution in [0.15, 0.2) is 16.6 Å². The molecule has 1 nitrogen and oxygen atoms in total. The van der Waals surface area contributed by atoms with Gasteiger partial charge in [0.1, 0.15) is 0 Å². The number of halogens is 3. The van der Waals surface area contributed by atoms with E-state index in [1.807, 2.05) is 0 Å². The molecule has 0 saturated carbocycles. The van der Waals surface area contributed by atoms with Gasteiger partial charge in [-0.05, 0) is 35.8 Å². The Kier molecular flexibility index (Phi) is 4.73. The lowest BCUT2D eigenvalue weighted by molar-refractivity contribution is 0.275. The van der Waals surface area contributed by atoms with Gasteiger partial charge in [-0.15, -0.1) is 0 Å². The van der Waals surface area contributed by atoms with Crippen molar-refractivity contribution in [1.29, 1.82) is 0 Å². The smallest absolute Gasteiger partial charge is 0.192 e. The maximum Gasteiger partial charge on any atom is 0.192 e. The second kappa shape index (κ2) is 5.39. The lowest BCUT2D eigenvalue weighted by atomic mass is 10.2. The predicted molar refractivity (Wildman–Crippen MR) is 76.0 cm³/mol. The maximum atomic E-state index is 13.2. The highest BCUT2D eigenvalue weighted by atomic mass is 79.9. The molecule has 0 unspecified atom stereocenters. The lowest BCUT2D eigenvalue weighted by Crippen LogP contribution is -2.40. The molecule has 0 aliphatic rings. The van der Waals surface area contributed by atoms with Crippen LogP contribution in [0.1, 0.15) is 26.3 Å². The maximum absolute atomic E-state index is 13.2. The van der Waals surface area contributed by atoms with E-state index in [2.05, 4.69) is 49.8 Å².